The number of hydrogen-bond donors (Lipinski definition) is 2. The van der Waals surface area contributed by atoms with Crippen molar-refractivity contribution in [2.24, 2.45) is 0 Å². The van der Waals surface area contributed by atoms with Crippen molar-refractivity contribution in [3.63, 3.8) is 0 Å². The summed E-state index contributed by atoms with van der Waals surface area (Å²) < 4.78 is 30.4. The predicted octanol–water partition coefficient (Wildman–Crippen LogP) is 1.34. The van der Waals surface area contributed by atoms with Gasteiger partial charge in [0.15, 0.2) is 6.61 Å². The largest absolute Gasteiger partial charge is 0.455 e. The van der Waals surface area contributed by atoms with E-state index in [1.165, 1.54) is 6.08 Å². The first-order valence-corrected chi connectivity index (χ1v) is 9.22. The standard InChI is InChI=1S/C17H24N2O5S/c1-13-5-7-14(8-6-13)9-10-25(22,23)18-11-16(21)24-12-15(20)19-17(2,3)4/h5-10,18H,11-12H2,1-4H3,(H,19,20)/b10-9+. The van der Waals surface area contributed by atoms with E-state index in [9.17, 15) is 18.0 Å². The Kier molecular flexibility index (Phi) is 7.32. The summed E-state index contributed by atoms with van der Waals surface area (Å²) in [5, 5.41) is 3.59. The molecule has 0 atom stereocenters. The molecule has 8 heteroatoms. The second kappa shape index (κ2) is 8.77. The maximum absolute atomic E-state index is 11.8. The average molecular weight is 368 g/mol. The van der Waals surface area contributed by atoms with E-state index in [1.54, 1.807) is 32.9 Å². The minimum Gasteiger partial charge on any atom is -0.455 e. The van der Waals surface area contributed by atoms with E-state index in [1.807, 2.05) is 19.1 Å². The number of amides is 1. The van der Waals surface area contributed by atoms with Crippen molar-refractivity contribution in [3.8, 4) is 0 Å². The zero-order chi connectivity index (χ0) is 19.1. The maximum atomic E-state index is 11.8. The zero-order valence-electron chi connectivity index (χ0n) is 14.8. The highest BCUT2D eigenvalue weighted by atomic mass is 32.2. The normalized spacial score (nSPS) is 12.2. The van der Waals surface area contributed by atoms with E-state index >= 15 is 0 Å². The molecule has 0 aliphatic carbocycles. The molecule has 7 nitrogen and oxygen atoms in total. The molecule has 0 aliphatic rings. The minimum atomic E-state index is -3.78. The van der Waals surface area contributed by atoms with Crippen LogP contribution in [0.3, 0.4) is 0 Å². The molecule has 0 saturated heterocycles. The fourth-order valence-corrected chi connectivity index (χ4v) is 2.46. The molecule has 1 aromatic carbocycles. The third-order valence-electron chi connectivity index (χ3n) is 2.81. The zero-order valence-corrected chi connectivity index (χ0v) is 15.6. The Morgan fingerprint density at radius 2 is 1.76 bits per heavy atom. The topological polar surface area (TPSA) is 102 Å². The summed E-state index contributed by atoms with van der Waals surface area (Å²) in [5.74, 6) is -1.29. The second-order valence-corrected chi connectivity index (χ2v) is 8.19. The van der Waals surface area contributed by atoms with Crippen LogP contribution in [0.4, 0.5) is 0 Å². The fourth-order valence-electron chi connectivity index (χ4n) is 1.70. The quantitative estimate of drug-likeness (QED) is 0.707. The maximum Gasteiger partial charge on any atom is 0.321 e. The molecule has 0 heterocycles. The van der Waals surface area contributed by atoms with Gasteiger partial charge in [0.05, 0.1) is 0 Å². The molecule has 1 amide bonds. The molecule has 0 spiro atoms. The molecule has 0 bridgehead atoms. The molecular formula is C17H24N2O5S. The number of aryl methyl sites for hydroxylation is 1. The molecule has 0 aliphatic heterocycles. The van der Waals surface area contributed by atoms with Gasteiger partial charge in [-0.1, -0.05) is 29.8 Å². The van der Waals surface area contributed by atoms with E-state index < -0.39 is 40.6 Å². The molecule has 1 aromatic rings. The first-order valence-electron chi connectivity index (χ1n) is 7.68. The summed E-state index contributed by atoms with van der Waals surface area (Å²) in [7, 11) is -3.78. The van der Waals surface area contributed by atoms with Crippen LogP contribution in [0, 0.1) is 6.92 Å². The van der Waals surface area contributed by atoms with Crippen LogP contribution in [0.1, 0.15) is 31.9 Å². The number of sulfonamides is 1. The summed E-state index contributed by atoms with van der Waals surface area (Å²) in [6.07, 6.45) is 1.42. The molecule has 0 saturated carbocycles. The Bertz CT molecular complexity index is 731. The van der Waals surface area contributed by atoms with Crippen molar-refractivity contribution in [1.82, 2.24) is 10.0 Å². The lowest BCUT2D eigenvalue weighted by Crippen LogP contribution is -2.43. The van der Waals surface area contributed by atoms with Crippen LogP contribution < -0.4 is 10.0 Å². The van der Waals surface area contributed by atoms with E-state index in [0.29, 0.717) is 0 Å². The summed E-state index contributed by atoms with van der Waals surface area (Å²) in [6, 6.07) is 7.28. The molecule has 1 rings (SSSR count). The Labute approximate surface area is 148 Å². The molecule has 0 radical (unpaired) electrons. The van der Waals surface area contributed by atoms with Gasteiger partial charge < -0.3 is 10.1 Å². The molecule has 25 heavy (non-hydrogen) atoms. The van der Waals surface area contributed by atoms with Crippen LogP contribution in [-0.2, 0) is 24.3 Å². The Morgan fingerprint density at radius 1 is 1.16 bits per heavy atom. The smallest absolute Gasteiger partial charge is 0.321 e. The Hall–Kier alpha value is -2.19. The number of hydrogen-bond acceptors (Lipinski definition) is 5. The molecule has 138 valence electrons. The van der Waals surface area contributed by atoms with Gasteiger partial charge in [0, 0.05) is 10.9 Å². The summed E-state index contributed by atoms with van der Waals surface area (Å²) in [6.45, 7) is 6.29. The van der Waals surface area contributed by atoms with E-state index in [2.05, 4.69) is 10.0 Å². The van der Waals surface area contributed by atoms with Crippen molar-refractivity contribution in [2.45, 2.75) is 33.2 Å². The first-order chi connectivity index (χ1) is 11.5. The number of ether oxygens (including phenoxy) is 1. The molecule has 0 aromatic heterocycles. The lowest BCUT2D eigenvalue weighted by atomic mass is 10.1. The van der Waals surface area contributed by atoms with Crippen LogP contribution in [-0.4, -0.2) is 39.0 Å². The first kappa shape index (κ1) is 20.9. The van der Waals surface area contributed by atoms with Crippen LogP contribution in [0.15, 0.2) is 29.7 Å². The number of nitrogens with one attached hydrogen (secondary N) is 2. The second-order valence-electron chi connectivity index (χ2n) is 6.54. The molecular weight excluding hydrogens is 344 g/mol. The SMILES string of the molecule is Cc1ccc(/C=C/S(=O)(=O)NCC(=O)OCC(=O)NC(C)(C)C)cc1. The van der Waals surface area contributed by atoms with Crippen LogP contribution in [0.25, 0.3) is 6.08 Å². The Morgan fingerprint density at radius 3 is 2.32 bits per heavy atom. The molecule has 0 unspecified atom stereocenters. The van der Waals surface area contributed by atoms with Crippen molar-refractivity contribution in [1.29, 1.82) is 0 Å². The van der Waals surface area contributed by atoms with Crippen molar-refractivity contribution in [2.75, 3.05) is 13.2 Å². The summed E-state index contributed by atoms with van der Waals surface area (Å²) in [5.41, 5.74) is 1.35. The van der Waals surface area contributed by atoms with Gasteiger partial charge in [0.1, 0.15) is 6.54 Å². The average Bonchev–Trinajstić information content (AvgIpc) is 2.49. The lowest BCUT2D eigenvalue weighted by Gasteiger charge is -2.20. The number of carbonyl (C=O) groups is 2. The highest BCUT2D eigenvalue weighted by molar-refractivity contribution is 7.92. The molecule has 0 fully saturated rings. The van der Waals surface area contributed by atoms with Crippen molar-refractivity contribution >= 4 is 28.0 Å². The van der Waals surface area contributed by atoms with Gasteiger partial charge in [-0.2, -0.15) is 0 Å². The van der Waals surface area contributed by atoms with Gasteiger partial charge in [-0.25, -0.2) is 13.1 Å². The minimum absolute atomic E-state index is 0.439. The lowest BCUT2D eigenvalue weighted by molar-refractivity contribution is -0.147. The monoisotopic (exact) mass is 368 g/mol. The third-order valence-corrected chi connectivity index (χ3v) is 3.85. The van der Waals surface area contributed by atoms with Crippen molar-refractivity contribution in [3.05, 3.63) is 40.8 Å². The van der Waals surface area contributed by atoms with Crippen LogP contribution >= 0.6 is 0 Å². The predicted molar refractivity (Wildman–Crippen MR) is 96.0 cm³/mol. The highest BCUT2D eigenvalue weighted by Crippen LogP contribution is 2.06. The van der Waals surface area contributed by atoms with E-state index in [-0.39, 0.29) is 0 Å². The van der Waals surface area contributed by atoms with Gasteiger partial charge in [0.25, 0.3) is 5.91 Å². The highest BCUT2D eigenvalue weighted by Gasteiger charge is 2.16. The number of carbonyl (C=O) groups excluding carboxylic acids is 2. The number of rotatable bonds is 7. The van der Waals surface area contributed by atoms with E-state index in [4.69, 9.17) is 4.74 Å². The Balaban J connectivity index is 2.43. The number of benzene rings is 1. The van der Waals surface area contributed by atoms with Gasteiger partial charge >= 0.3 is 5.97 Å². The van der Waals surface area contributed by atoms with Gasteiger partial charge in [-0.3, -0.25) is 9.59 Å². The summed E-state index contributed by atoms with van der Waals surface area (Å²) in [4.78, 5) is 23.0. The van der Waals surface area contributed by atoms with E-state index in [0.717, 1.165) is 16.5 Å². The van der Waals surface area contributed by atoms with Crippen LogP contribution in [0.2, 0.25) is 0 Å². The van der Waals surface area contributed by atoms with Crippen LogP contribution in [0.5, 0.6) is 0 Å². The van der Waals surface area contributed by atoms with Crippen molar-refractivity contribution < 1.29 is 22.7 Å². The van der Waals surface area contributed by atoms with Gasteiger partial charge in [0.2, 0.25) is 10.0 Å². The fraction of sp³-hybridized carbons (Fsp3) is 0.412. The van der Waals surface area contributed by atoms with Gasteiger partial charge in [-0.05, 0) is 39.3 Å². The summed E-state index contributed by atoms with van der Waals surface area (Å²) >= 11 is 0. The third kappa shape index (κ3) is 9.63. The van der Waals surface area contributed by atoms with Gasteiger partial charge in [-0.15, -0.1) is 0 Å². The number of esters is 1. The molecule has 2 N–H and O–H groups in total.